The molecule has 2 N–H and O–H groups in total. The maximum atomic E-state index is 12.1. The summed E-state index contributed by atoms with van der Waals surface area (Å²) < 4.78 is 33.6. The third-order valence-corrected chi connectivity index (χ3v) is 4.79. The van der Waals surface area contributed by atoms with Crippen molar-refractivity contribution in [2.75, 3.05) is 25.4 Å². The second-order valence-corrected chi connectivity index (χ2v) is 8.61. The van der Waals surface area contributed by atoms with Gasteiger partial charge in [-0.25, -0.2) is 18.4 Å². The van der Waals surface area contributed by atoms with Gasteiger partial charge in [-0.3, -0.25) is 0 Å². The molecule has 0 bridgehead atoms. The Morgan fingerprint density at radius 3 is 2.67 bits per heavy atom. The molecule has 2 unspecified atom stereocenters. The standard InChI is InChI=1S/C13H24N2O5S/c1-12(2,3)20-11(16)15-6-4-13(9-15)5-7-19-10(13)8-21(14,17)18/h10H,4-9H2,1-3H3,(H2,14,17,18). The average molecular weight is 320 g/mol. The number of rotatable bonds is 2. The fourth-order valence-electron chi connectivity index (χ4n) is 3.02. The van der Waals surface area contributed by atoms with Gasteiger partial charge in [0.25, 0.3) is 0 Å². The molecule has 2 saturated heterocycles. The number of nitrogens with two attached hydrogens (primary N) is 1. The van der Waals surface area contributed by atoms with Crippen molar-refractivity contribution >= 4 is 16.1 Å². The Balaban J connectivity index is 2.04. The molecule has 21 heavy (non-hydrogen) atoms. The Kier molecular flexibility index (Phi) is 4.25. The van der Waals surface area contributed by atoms with E-state index in [1.165, 1.54) is 0 Å². The topological polar surface area (TPSA) is 98.9 Å². The maximum absolute atomic E-state index is 12.1. The molecule has 2 aliphatic heterocycles. The highest BCUT2D eigenvalue weighted by atomic mass is 32.2. The van der Waals surface area contributed by atoms with Gasteiger partial charge in [-0.15, -0.1) is 0 Å². The third kappa shape index (κ3) is 4.08. The molecule has 2 rings (SSSR count). The van der Waals surface area contributed by atoms with Gasteiger partial charge in [0.15, 0.2) is 0 Å². The van der Waals surface area contributed by atoms with Gasteiger partial charge >= 0.3 is 6.09 Å². The number of amides is 1. The molecule has 2 fully saturated rings. The van der Waals surface area contributed by atoms with Gasteiger partial charge in [-0.2, -0.15) is 0 Å². The van der Waals surface area contributed by atoms with Crippen LogP contribution >= 0.6 is 0 Å². The first-order valence-electron chi connectivity index (χ1n) is 7.11. The summed E-state index contributed by atoms with van der Waals surface area (Å²) in [4.78, 5) is 13.7. The third-order valence-electron chi connectivity index (χ3n) is 4.02. The minimum atomic E-state index is -3.60. The molecule has 0 aromatic heterocycles. The largest absolute Gasteiger partial charge is 0.444 e. The molecular weight excluding hydrogens is 296 g/mol. The number of carbonyl (C=O) groups is 1. The SMILES string of the molecule is CC(C)(C)OC(=O)N1CCC2(CCOC2CS(N)(=O)=O)C1. The molecule has 7 nitrogen and oxygen atoms in total. The highest BCUT2D eigenvalue weighted by Crippen LogP contribution is 2.43. The van der Waals surface area contributed by atoms with Crippen LogP contribution < -0.4 is 5.14 Å². The van der Waals surface area contributed by atoms with Gasteiger partial charge in [-0.05, 0) is 33.6 Å². The molecule has 0 aliphatic carbocycles. The summed E-state index contributed by atoms with van der Waals surface area (Å²) in [6.45, 7) is 6.97. The van der Waals surface area contributed by atoms with Crippen LogP contribution in [0.1, 0.15) is 33.6 Å². The van der Waals surface area contributed by atoms with Gasteiger partial charge in [0.1, 0.15) is 5.60 Å². The van der Waals surface area contributed by atoms with Gasteiger partial charge in [0, 0.05) is 25.1 Å². The van der Waals surface area contributed by atoms with Crippen molar-refractivity contribution in [1.82, 2.24) is 4.90 Å². The molecule has 1 amide bonds. The van der Waals surface area contributed by atoms with Crippen molar-refractivity contribution in [3.05, 3.63) is 0 Å². The molecule has 0 aromatic rings. The van der Waals surface area contributed by atoms with Crippen LogP contribution in [0.2, 0.25) is 0 Å². The van der Waals surface area contributed by atoms with Crippen molar-refractivity contribution in [2.45, 2.75) is 45.3 Å². The highest BCUT2D eigenvalue weighted by molar-refractivity contribution is 7.89. The normalized spacial score (nSPS) is 30.1. The van der Waals surface area contributed by atoms with E-state index < -0.39 is 21.7 Å². The fourth-order valence-corrected chi connectivity index (χ4v) is 3.89. The Bertz CT molecular complexity index is 513. The lowest BCUT2D eigenvalue weighted by molar-refractivity contribution is 0.0239. The summed E-state index contributed by atoms with van der Waals surface area (Å²) in [5.74, 6) is -0.199. The molecule has 0 aromatic carbocycles. The van der Waals surface area contributed by atoms with Crippen LogP contribution in [0.25, 0.3) is 0 Å². The number of ether oxygens (including phenoxy) is 2. The molecule has 2 aliphatic rings. The molecular formula is C13H24N2O5S. The van der Waals surface area contributed by atoms with E-state index >= 15 is 0 Å². The Morgan fingerprint density at radius 2 is 2.10 bits per heavy atom. The number of hydrogen-bond acceptors (Lipinski definition) is 5. The number of primary sulfonamides is 1. The van der Waals surface area contributed by atoms with E-state index in [0.29, 0.717) is 26.1 Å². The second kappa shape index (κ2) is 5.40. The summed E-state index contributed by atoms with van der Waals surface area (Å²) in [5.41, 5.74) is -0.859. The average Bonchev–Trinajstić information content (AvgIpc) is 2.84. The van der Waals surface area contributed by atoms with Gasteiger partial charge in [-0.1, -0.05) is 0 Å². The highest BCUT2D eigenvalue weighted by Gasteiger charge is 2.51. The number of hydrogen-bond donors (Lipinski definition) is 1. The van der Waals surface area contributed by atoms with E-state index in [0.717, 1.165) is 6.42 Å². The number of sulfonamides is 1. The first-order valence-corrected chi connectivity index (χ1v) is 8.82. The molecule has 2 atom stereocenters. The lowest BCUT2D eigenvalue weighted by Gasteiger charge is -2.30. The monoisotopic (exact) mass is 320 g/mol. The van der Waals surface area contributed by atoms with Crippen molar-refractivity contribution < 1.29 is 22.7 Å². The number of likely N-dealkylation sites (tertiary alicyclic amines) is 1. The van der Waals surface area contributed by atoms with Crippen molar-refractivity contribution in [2.24, 2.45) is 10.6 Å². The minimum Gasteiger partial charge on any atom is -0.444 e. The summed E-state index contributed by atoms with van der Waals surface area (Å²) in [6, 6.07) is 0. The second-order valence-electron chi connectivity index (χ2n) is 6.95. The molecule has 1 spiro atoms. The summed E-state index contributed by atoms with van der Waals surface area (Å²) in [5, 5.41) is 5.13. The van der Waals surface area contributed by atoms with Gasteiger partial charge in [0.2, 0.25) is 10.0 Å². The predicted octanol–water partition coefficient (Wildman–Crippen LogP) is 0.691. The van der Waals surface area contributed by atoms with Crippen molar-refractivity contribution in [3.63, 3.8) is 0 Å². The summed E-state index contributed by atoms with van der Waals surface area (Å²) in [6.07, 6.45) is 0.652. The van der Waals surface area contributed by atoms with E-state index in [1.807, 2.05) is 20.8 Å². The zero-order valence-corrected chi connectivity index (χ0v) is 13.6. The van der Waals surface area contributed by atoms with E-state index in [-0.39, 0.29) is 17.3 Å². The zero-order chi connectivity index (χ0) is 15.9. The molecule has 0 saturated carbocycles. The minimum absolute atomic E-state index is 0.199. The fraction of sp³-hybridized carbons (Fsp3) is 0.923. The van der Waals surface area contributed by atoms with E-state index in [4.69, 9.17) is 14.6 Å². The lowest BCUT2D eigenvalue weighted by atomic mass is 9.81. The first kappa shape index (κ1) is 16.5. The lowest BCUT2D eigenvalue weighted by Crippen LogP contribution is -2.42. The molecule has 0 radical (unpaired) electrons. The summed E-state index contributed by atoms with van der Waals surface area (Å²) >= 11 is 0. The quantitative estimate of drug-likeness (QED) is 0.807. The van der Waals surface area contributed by atoms with Crippen molar-refractivity contribution in [1.29, 1.82) is 0 Å². The Morgan fingerprint density at radius 1 is 1.43 bits per heavy atom. The van der Waals surface area contributed by atoms with Crippen molar-refractivity contribution in [3.8, 4) is 0 Å². The van der Waals surface area contributed by atoms with Crippen LogP contribution in [0.3, 0.4) is 0 Å². The number of carbonyl (C=O) groups excluding carboxylic acids is 1. The van der Waals surface area contributed by atoms with E-state index in [2.05, 4.69) is 0 Å². The van der Waals surface area contributed by atoms with E-state index in [9.17, 15) is 13.2 Å². The maximum Gasteiger partial charge on any atom is 0.410 e. The summed E-state index contributed by atoms with van der Waals surface area (Å²) in [7, 11) is -3.60. The van der Waals surface area contributed by atoms with Crippen LogP contribution in [0.15, 0.2) is 0 Å². The predicted molar refractivity (Wildman–Crippen MR) is 77.2 cm³/mol. The van der Waals surface area contributed by atoms with Crippen LogP contribution in [-0.4, -0.2) is 56.6 Å². The number of nitrogens with zero attached hydrogens (tertiary/aromatic N) is 1. The van der Waals surface area contributed by atoms with Gasteiger partial charge in [0.05, 0.1) is 11.9 Å². The van der Waals surface area contributed by atoms with Crippen LogP contribution in [0.4, 0.5) is 4.79 Å². The van der Waals surface area contributed by atoms with Crippen LogP contribution in [-0.2, 0) is 19.5 Å². The zero-order valence-electron chi connectivity index (χ0n) is 12.8. The van der Waals surface area contributed by atoms with Crippen LogP contribution in [0, 0.1) is 5.41 Å². The molecule has 2 heterocycles. The smallest absolute Gasteiger partial charge is 0.410 e. The van der Waals surface area contributed by atoms with Crippen LogP contribution in [0.5, 0.6) is 0 Å². The molecule has 8 heteroatoms. The van der Waals surface area contributed by atoms with E-state index in [1.54, 1.807) is 4.90 Å². The van der Waals surface area contributed by atoms with Gasteiger partial charge < -0.3 is 14.4 Å². The first-order chi connectivity index (χ1) is 9.51. The molecule has 122 valence electrons. The Labute approximate surface area is 125 Å². The Hall–Kier alpha value is -0.860.